The molecular weight excluding hydrogens is 780 g/mol. The largest absolute Gasteiger partial charge is 0.455 e. The molecule has 6 rings (SSSR count). The quantitative estimate of drug-likeness (QED) is 0.297. The van der Waals surface area contributed by atoms with E-state index in [1.54, 1.807) is 24.9 Å². The second-order valence-electron chi connectivity index (χ2n) is 16.9. The third kappa shape index (κ3) is 8.63. The summed E-state index contributed by atoms with van der Waals surface area (Å²) in [6, 6.07) is 7.54. The first-order valence-corrected chi connectivity index (χ1v) is 20.7. The van der Waals surface area contributed by atoms with Crippen molar-refractivity contribution in [1.82, 2.24) is 14.8 Å². The number of fused-ring (bicyclic) bond motifs is 2. The molecule has 5 heterocycles. The van der Waals surface area contributed by atoms with Crippen LogP contribution >= 0.6 is 15.9 Å². The van der Waals surface area contributed by atoms with Crippen LogP contribution < -0.4 is 0 Å². The van der Waals surface area contributed by atoms with Gasteiger partial charge in [0.1, 0.15) is 12.2 Å². The van der Waals surface area contributed by atoms with Crippen LogP contribution in [0.3, 0.4) is 0 Å². The fraction of sp³-hybridized carbons (Fsp3) is 0.628. The number of aromatic nitrogens is 1. The van der Waals surface area contributed by atoms with Crippen molar-refractivity contribution in [2.45, 2.75) is 122 Å². The van der Waals surface area contributed by atoms with Crippen molar-refractivity contribution in [2.24, 2.45) is 22.7 Å². The summed E-state index contributed by atoms with van der Waals surface area (Å²) in [6.07, 6.45) is 4.86. The summed E-state index contributed by atoms with van der Waals surface area (Å²) in [5, 5.41) is 12.7. The molecule has 0 saturated carbocycles. The Bertz CT molecular complexity index is 1870. The van der Waals surface area contributed by atoms with E-state index in [2.05, 4.69) is 40.8 Å². The molecule has 4 aliphatic heterocycles. The Labute approximate surface area is 339 Å². The van der Waals surface area contributed by atoms with Crippen LogP contribution in [0.5, 0.6) is 0 Å². The zero-order valence-electron chi connectivity index (χ0n) is 34.4. The monoisotopic (exact) mass is 838 g/mol. The van der Waals surface area contributed by atoms with Gasteiger partial charge in [0.05, 0.1) is 42.5 Å². The first-order valence-electron chi connectivity index (χ1n) is 19.9. The van der Waals surface area contributed by atoms with Gasteiger partial charge in [0.15, 0.2) is 11.9 Å². The fourth-order valence-corrected chi connectivity index (χ4v) is 9.76. The fourth-order valence-electron chi connectivity index (χ4n) is 9.41. The Morgan fingerprint density at radius 1 is 1.12 bits per heavy atom. The molecule has 56 heavy (non-hydrogen) atoms. The smallest absolute Gasteiger partial charge is 0.410 e. The minimum Gasteiger partial charge on any atom is -0.455 e. The Hall–Kier alpha value is -3.20. The summed E-state index contributed by atoms with van der Waals surface area (Å²) >= 11 is 3.53. The SMILES string of the molecule is C/C1=C/[C@H](C)[C@@H](O[C@H]2O[C@@H](C)C[C@@H](N(C)C)C2O)[C@@](C)(OC/C=C/c2ccc3ncc(Br)cc3c2)C[C@@H](C)C2=NCCN3C(=O)O[C@](C)([C@@H](C)OC1=O)[C@H]3[C@H]2C. The summed E-state index contributed by atoms with van der Waals surface area (Å²) in [5.74, 6) is -1.27. The third-order valence-corrected chi connectivity index (χ3v) is 12.7. The zero-order chi connectivity index (χ0) is 40.7. The number of rotatable bonds is 7. The number of halogens is 1. The molecule has 4 aliphatic rings. The number of pyridine rings is 1. The van der Waals surface area contributed by atoms with E-state index in [9.17, 15) is 14.7 Å². The summed E-state index contributed by atoms with van der Waals surface area (Å²) in [4.78, 5) is 40.5. The van der Waals surface area contributed by atoms with Crippen molar-refractivity contribution in [1.29, 1.82) is 0 Å². The normalized spacial score (nSPS) is 38.1. The van der Waals surface area contributed by atoms with Crippen LogP contribution in [0.4, 0.5) is 4.79 Å². The number of aliphatic imine (C=N–C) groups is 1. The zero-order valence-corrected chi connectivity index (χ0v) is 36.0. The average Bonchev–Trinajstić information content (AvgIpc) is 3.26. The Kier molecular flexibility index (Phi) is 12.8. The van der Waals surface area contributed by atoms with E-state index in [4.69, 9.17) is 28.7 Å². The standard InChI is InChI=1S/C43H59BrN4O8/c1-24-18-25(2)39(50)54-29(6)43(8)37-28(5)35(45-15-16-48(37)41(51)56-43)26(3)22-42(7,38(24)55-40-36(49)34(47(9)10)19-27(4)53-40)52-17-11-12-30-13-14-33-31(20-30)21-32(44)23-46-33/h11-14,18,20-21,23-24,26-29,34,36-38,40,49H,15-17,19,22H2,1-10H3/b12-11+,25-18-/t24-,26+,27-,28-,29+,34+,36?,37+,38+,40+,42-,43+/m0/s1. The second-order valence-corrected chi connectivity index (χ2v) is 17.8. The van der Waals surface area contributed by atoms with Crippen LogP contribution in [0, 0.1) is 17.8 Å². The minimum absolute atomic E-state index is 0.125. The van der Waals surface area contributed by atoms with Gasteiger partial charge in [0.25, 0.3) is 0 Å². The highest BCUT2D eigenvalue weighted by molar-refractivity contribution is 9.10. The first-order chi connectivity index (χ1) is 26.4. The molecule has 2 bridgehead atoms. The van der Waals surface area contributed by atoms with Gasteiger partial charge in [-0.2, -0.15) is 0 Å². The van der Waals surface area contributed by atoms with E-state index in [1.807, 2.05) is 83.1 Å². The van der Waals surface area contributed by atoms with E-state index < -0.39 is 59.8 Å². The van der Waals surface area contributed by atoms with E-state index in [0.29, 0.717) is 31.5 Å². The number of amides is 1. The lowest BCUT2D eigenvalue weighted by molar-refractivity contribution is -0.295. The number of aliphatic hydroxyl groups is 1. The number of carbonyl (C=O) groups excluding carboxylic acids is 2. The Morgan fingerprint density at radius 3 is 2.61 bits per heavy atom. The Morgan fingerprint density at radius 2 is 1.88 bits per heavy atom. The van der Waals surface area contributed by atoms with Crippen LogP contribution in [0.1, 0.15) is 73.8 Å². The van der Waals surface area contributed by atoms with E-state index in [1.165, 1.54) is 0 Å². The molecule has 1 aromatic heterocycles. The molecule has 1 aromatic carbocycles. The summed E-state index contributed by atoms with van der Waals surface area (Å²) < 4.78 is 33.4. The molecule has 0 radical (unpaired) electrons. The third-order valence-electron chi connectivity index (χ3n) is 12.3. The number of nitrogens with zero attached hydrogens (tertiary/aromatic N) is 4. The Balaban J connectivity index is 1.40. The van der Waals surface area contributed by atoms with Gasteiger partial charge in [-0.15, -0.1) is 0 Å². The van der Waals surface area contributed by atoms with Crippen molar-refractivity contribution in [3.8, 4) is 0 Å². The molecule has 0 aliphatic carbocycles. The summed E-state index contributed by atoms with van der Waals surface area (Å²) in [6.45, 7) is 16.7. The molecule has 13 heteroatoms. The lowest BCUT2D eigenvalue weighted by atomic mass is 9.74. The van der Waals surface area contributed by atoms with E-state index >= 15 is 0 Å². The molecule has 1 amide bonds. The number of hydrogen-bond acceptors (Lipinski definition) is 11. The lowest BCUT2D eigenvalue weighted by Crippen LogP contribution is -2.59. The number of likely N-dealkylation sites (N-methyl/N-ethyl adjacent to an activating group) is 1. The van der Waals surface area contributed by atoms with Crippen LogP contribution in [0.2, 0.25) is 0 Å². The van der Waals surface area contributed by atoms with Crippen LogP contribution in [-0.2, 0) is 28.5 Å². The highest BCUT2D eigenvalue weighted by Gasteiger charge is 2.59. The number of ether oxygens (including phenoxy) is 5. The number of esters is 1. The number of aliphatic hydroxyl groups excluding tert-OH is 1. The predicted molar refractivity (Wildman–Crippen MR) is 219 cm³/mol. The van der Waals surface area contributed by atoms with Crippen molar-refractivity contribution >= 4 is 50.7 Å². The molecule has 1 unspecified atom stereocenters. The van der Waals surface area contributed by atoms with Crippen molar-refractivity contribution in [3.05, 3.63) is 58.2 Å². The van der Waals surface area contributed by atoms with Crippen molar-refractivity contribution in [3.63, 3.8) is 0 Å². The molecular formula is C43H59BrN4O8. The van der Waals surface area contributed by atoms with Crippen LogP contribution in [-0.4, -0.2) is 125 Å². The average molecular weight is 840 g/mol. The number of hydrogen-bond donors (Lipinski definition) is 1. The van der Waals surface area contributed by atoms with E-state index in [0.717, 1.165) is 26.7 Å². The number of carbonyl (C=O) groups is 2. The highest BCUT2D eigenvalue weighted by atomic mass is 79.9. The lowest BCUT2D eigenvalue weighted by Gasteiger charge is -2.47. The van der Waals surface area contributed by atoms with Crippen LogP contribution in [0.25, 0.3) is 17.0 Å². The first kappa shape index (κ1) is 42.4. The van der Waals surface area contributed by atoms with Gasteiger partial charge in [-0.05, 0) is 107 Å². The van der Waals surface area contributed by atoms with Crippen molar-refractivity contribution in [2.75, 3.05) is 33.8 Å². The topological polar surface area (TPSA) is 132 Å². The maximum Gasteiger partial charge on any atom is 0.410 e. The number of benzene rings is 1. The molecule has 12 nitrogen and oxygen atoms in total. The molecule has 2 fully saturated rings. The van der Waals surface area contributed by atoms with Gasteiger partial charge >= 0.3 is 12.1 Å². The molecule has 2 aromatic rings. The predicted octanol–water partition coefficient (Wildman–Crippen LogP) is 6.82. The molecule has 2 saturated heterocycles. The summed E-state index contributed by atoms with van der Waals surface area (Å²) in [7, 11) is 3.89. The van der Waals surface area contributed by atoms with Gasteiger partial charge in [0.2, 0.25) is 0 Å². The van der Waals surface area contributed by atoms with Gasteiger partial charge in [-0.25, -0.2) is 9.59 Å². The van der Waals surface area contributed by atoms with E-state index in [-0.39, 0.29) is 30.6 Å². The van der Waals surface area contributed by atoms with Gasteiger partial charge < -0.3 is 33.7 Å². The molecule has 12 atom stereocenters. The van der Waals surface area contributed by atoms with Gasteiger partial charge in [-0.1, -0.05) is 45.1 Å². The van der Waals surface area contributed by atoms with Gasteiger partial charge in [0, 0.05) is 51.8 Å². The highest BCUT2D eigenvalue weighted by Crippen LogP contribution is 2.43. The summed E-state index contributed by atoms with van der Waals surface area (Å²) in [5.41, 5.74) is 1.12. The maximum absolute atomic E-state index is 13.8. The minimum atomic E-state index is -1.10. The second kappa shape index (κ2) is 17.0. The van der Waals surface area contributed by atoms with Crippen LogP contribution in [0.15, 0.2) is 57.7 Å². The molecule has 0 spiro atoms. The molecule has 306 valence electrons. The van der Waals surface area contributed by atoms with Gasteiger partial charge in [-0.3, -0.25) is 14.9 Å². The number of cyclic esters (lactones) is 1. The maximum atomic E-state index is 13.8. The van der Waals surface area contributed by atoms with Crippen molar-refractivity contribution < 1.29 is 38.4 Å². The molecule has 1 N–H and O–H groups in total.